The topological polar surface area (TPSA) is 69.6 Å². The number of hydrogen-bond donors (Lipinski definition) is 2. The first-order valence-corrected chi connectivity index (χ1v) is 6.44. The lowest BCUT2D eigenvalue weighted by atomic mass is 10.1. The summed E-state index contributed by atoms with van der Waals surface area (Å²) in [5.41, 5.74) is 0. The van der Waals surface area contributed by atoms with Gasteiger partial charge in [0.15, 0.2) is 0 Å². The molecule has 2 heterocycles. The Bertz CT molecular complexity index is 358. The van der Waals surface area contributed by atoms with Gasteiger partial charge in [-0.05, 0) is 32.2 Å². The van der Waals surface area contributed by atoms with E-state index in [0.29, 0.717) is 12.5 Å². The zero-order valence-electron chi connectivity index (χ0n) is 9.76. The lowest BCUT2D eigenvalue weighted by Crippen LogP contribution is -2.43. The molecule has 0 aromatic rings. The van der Waals surface area contributed by atoms with Crippen LogP contribution in [0.15, 0.2) is 0 Å². The van der Waals surface area contributed by atoms with Crippen molar-refractivity contribution in [1.82, 2.24) is 10.2 Å². The van der Waals surface area contributed by atoms with Crippen LogP contribution in [0.2, 0.25) is 0 Å². The van der Waals surface area contributed by atoms with Gasteiger partial charge in [-0.1, -0.05) is 0 Å². The summed E-state index contributed by atoms with van der Waals surface area (Å²) in [5.74, 6) is -1.59. The highest BCUT2D eigenvalue weighted by Crippen LogP contribution is 2.39. The molecule has 1 saturated carbocycles. The highest BCUT2D eigenvalue weighted by Gasteiger charge is 2.49. The van der Waals surface area contributed by atoms with E-state index in [1.54, 1.807) is 0 Å². The minimum atomic E-state index is -0.834. The fraction of sp³-hybridized carbons (Fsp3) is 0.833. The summed E-state index contributed by atoms with van der Waals surface area (Å²) in [6.07, 6.45) is 3.92. The summed E-state index contributed by atoms with van der Waals surface area (Å²) < 4.78 is 0. The molecule has 4 unspecified atom stereocenters. The molecule has 17 heavy (non-hydrogen) atoms. The first-order chi connectivity index (χ1) is 8.16. The van der Waals surface area contributed by atoms with Crippen LogP contribution in [0.1, 0.15) is 25.7 Å². The Kier molecular flexibility index (Phi) is 2.58. The third kappa shape index (κ3) is 1.92. The maximum atomic E-state index is 11.9. The van der Waals surface area contributed by atoms with E-state index >= 15 is 0 Å². The average Bonchev–Trinajstić information content (AvgIpc) is 2.82. The second-order valence-corrected chi connectivity index (χ2v) is 5.44. The van der Waals surface area contributed by atoms with Gasteiger partial charge in [0.25, 0.3) is 0 Å². The van der Waals surface area contributed by atoms with E-state index in [0.717, 1.165) is 25.9 Å². The van der Waals surface area contributed by atoms with Gasteiger partial charge in [0, 0.05) is 18.6 Å². The lowest BCUT2D eigenvalue weighted by Gasteiger charge is -2.21. The maximum Gasteiger partial charge on any atom is 0.307 e. The van der Waals surface area contributed by atoms with E-state index in [1.165, 1.54) is 6.42 Å². The van der Waals surface area contributed by atoms with Crippen molar-refractivity contribution in [2.75, 3.05) is 13.1 Å². The first-order valence-electron chi connectivity index (χ1n) is 6.44. The van der Waals surface area contributed by atoms with Crippen LogP contribution < -0.4 is 5.32 Å². The van der Waals surface area contributed by atoms with Crippen molar-refractivity contribution in [3.05, 3.63) is 0 Å². The van der Waals surface area contributed by atoms with Crippen molar-refractivity contribution in [3.63, 3.8) is 0 Å². The number of nitrogens with zero attached hydrogens (tertiary/aromatic N) is 1. The molecule has 0 radical (unpaired) electrons. The molecule has 0 bridgehead atoms. The summed E-state index contributed by atoms with van der Waals surface area (Å²) in [6, 6.07) is 0.751. The van der Waals surface area contributed by atoms with Gasteiger partial charge >= 0.3 is 5.97 Å². The summed E-state index contributed by atoms with van der Waals surface area (Å²) >= 11 is 0. The van der Waals surface area contributed by atoms with Crippen LogP contribution in [0, 0.1) is 11.8 Å². The number of aliphatic carboxylic acids is 1. The summed E-state index contributed by atoms with van der Waals surface area (Å²) in [4.78, 5) is 25.0. The van der Waals surface area contributed by atoms with Crippen LogP contribution in [0.5, 0.6) is 0 Å². The maximum absolute atomic E-state index is 11.9. The monoisotopic (exact) mass is 238 g/mol. The standard InChI is InChI=1S/C12H18N2O3/c15-11(7-6-8(7)12(16)17)13-9-3-5-14-4-1-2-10(9)14/h7-10H,1-6H2,(H,13,15)(H,16,17). The number of carboxylic acids is 1. The van der Waals surface area contributed by atoms with Crippen LogP contribution >= 0.6 is 0 Å². The highest BCUT2D eigenvalue weighted by molar-refractivity contribution is 5.89. The molecule has 0 aromatic carbocycles. The number of rotatable bonds is 3. The Hall–Kier alpha value is -1.10. The van der Waals surface area contributed by atoms with E-state index < -0.39 is 11.9 Å². The SMILES string of the molecule is O=C(O)C1CC1C(=O)NC1CCN2CCCC12. The average molecular weight is 238 g/mol. The molecular formula is C12H18N2O3. The van der Waals surface area contributed by atoms with Gasteiger partial charge in [0.1, 0.15) is 0 Å². The molecular weight excluding hydrogens is 220 g/mol. The summed E-state index contributed by atoms with van der Waals surface area (Å²) in [6.45, 7) is 2.22. The van der Waals surface area contributed by atoms with Crippen LogP contribution in [0.4, 0.5) is 0 Å². The number of carbonyl (C=O) groups is 2. The summed E-state index contributed by atoms with van der Waals surface area (Å²) in [7, 11) is 0. The van der Waals surface area contributed by atoms with E-state index in [4.69, 9.17) is 5.11 Å². The quantitative estimate of drug-likeness (QED) is 0.729. The normalized spacial score (nSPS) is 40.0. The van der Waals surface area contributed by atoms with Gasteiger partial charge in [0.2, 0.25) is 5.91 Å². The number of amides is 1. The zero-order valence-corrected chi connectivity index (χ0v) is 9.76. The molecule has 2 aliphatic heterocycles. The van der Waals surface area contributed by atoms with Gasteiger partial charge in [-0.15, -0.1) is 0 Å². The van der Waals surface area contributed by atoms with Crippen molar-refractivity contribution < 1.29 is 14.7 Å². The number of hydrogen-bond acceptors (Lipinski definition) is 3. The summed E-state index contributed by atoms with van der Waals surface area (Å²) in [5, 5.41) is 11.8. The van der Waals surface area contributed by atoms with Crippen molar-refractivity contribution in [2.24, 2.45) is 11.8 Å². The number of fused-ring (bicyclic) bond motifs is 1. The Labute approximate surface area is 100 Å². The third-order valence-electron chi connectivity index (χ3n) is 4.38. The second kappa shape index (κ2) is 3.98. The Morgan fingerprint density at radius 3 is 2.71 bits per heavy atom. The van der Waals surface area contributed by atoms with Crippen molar-refractivity contribution in [2.45, 2.75) is 37.8 Å². The molecule has 2 N–H and O–H groups in total. The molecule has 3 fully saturated rings. The van der Waals surface area contributed by atoms with E-state index in [1.807, 2.05) is 0 Å². The number of nitrogens with one attached hydrogen (secondary N) is 1. The Balaban J connectivity index is 1.54. The van der Waals surface area contributed by atoms with E-state index in [9.17, 15) is 9.59 Å². The fourth-order valence-electron chi connectivity index (χ4n) is 3.30. The minimum Gasteiger partial charge on any atom is -0.481 e. The van der Waals surface area contributed by atoms with Crippen molar-refractivity contribution >= 4 is 11.9 Å². The zero-order chi connectivity index (χ0) is 12.0. The molecule has 3 aliphatic rings. The molecule has 0 aromatic heterocycles. The third-order valence-corrected chi connectivity index (χ3v) is 4.38. The van der Waals surface area contributed by atoms with E-state index in [-0.39, 0.29) is 17.9 Å². The molecule has 94 valence electrons. The van der Waals surface area contributed by atoms with Crippen LogP contribution in [0.3, 0.4) is 0 Å². The smallest absolute Gasteiger partial charge is 0.307 e. The predicted molar refractivity (Wildman–Crippen MR) is 60.4 cm³/mol. The van der Waals surface area contributed by atoms with Crippen LogP contribution in [-0.2, 0) is 9.59 Å². The van der Waals surface area contributed by atoms with Crippen LogP contribution in [-0.4, -0.2) is 47.1 Å². The first kappa shape index (κ1) is 11.0. The highest BCUT2D eigenvalue weighted by atomic mass is 16.4. The lowest BCUT2D eigenvalue weighted by molar-refractivity contribution is -0.140. The molecule has 2 saturated heterocycles. The van der Waals surface area contributed by atoms with Gasteiger partial charge in [0.05, 0.1) is 11.8 Å². The molecule has 0 spiro atoms. The molecule has 1 aliphatic carbocycles. The number of carbonyl (C=O) groups excluding carboxylic acids is 1. The van der Waals surface area contributed by atoms with Crippen LogP contribution in [0.25, 0.3) is 0 Å². The molecule has 3 rings (SSSR count). The van der Waals surface area contributed by atoms with Gasteiger partial charge < -0.3 is 10.4 Å². The number of carboxylic acid groups (broad SMARTS) is 1. The molecule has 5 nitrogen and oxygen atoms in total. The molecule has 1 amide bonds. The van der Waals surface area contributed by atoms with Gasteiger partial charge in [-0.25, -0.2) is 0 Å². The molecule has 4 atom stereocenters. The Morgan fingerprint density at radius 2 is 2.00 bits per heavy atom. The minimum absolute atomic E-state index is 0.0452. The van der Waals surface area contributed by atoms with Crippen molar-refractivity contribution in [3.8, 4) is 0 Å². The van der Waals surface area contributed by atoms with Gasteiger partial charge in [-0.2, -0.15) is 0 Å². The second-order valence-electron chi connectivity index (χ2n) is 5.44. The predicted octanol–water partition coefficient (Wildman–Crippen LogP) is 0.0600. The van der Waals surface area contributed by atoms with Gasteiger partial charge in [-0.3, -0.25) is 14.5 Å². The van der Waals surface area contributed by atoms with E-state index in [2.05, 4.69) is 10.2 Å². The molecule has 5 heteroatoms. The largest absolute Gasteiger partial charge is 0.481 e. The van der Waals surface area contributed by atoms with Crippen molar-refractivity contribution in [1.29, 1.82) is 0 Å². The Morgan fingerprint density at radius 1 is 1.18 bits per heavy atom. The fourth-order valence-corrected chi connectivity index (χ4v) is 3.30.